The van der Waals surface area contributed by atoms with Crippen molar-refractivity contribution in [3.05, 3.63) is 0 Å². The first-order valence-corrected chi connectivity index (χ1v) is 5.59. The number of aliphatic hydroxyl groups is 1. The van der Waals surface area contributed by atoms with Gasteiger partial charge >= 0.3 is 77.0 Å². The quantitative estimate of drug-likeness (QED) is 0.261. The molecule has 0 aliphatic heterocycles. The van der Waals surface area contributed by atoms with Gasteiger partial charge in [-0.1, -0.05) is 0 Å². The summed E-state index contributed by atoms with van der Waals surface area (Å²) in [6, 6.07) is 0. The monoisotopic (exact) mass is 357 g/mol. The number of quaternary nitrogens is 1. The molecule has 23 heavy (non-hydrogen) atoms. The van der Waals surface area contributed by atoms with E-state index >= 15 is 0 Å². The number of likely N-dealkylation sites (N-methyl/N-ethyl adjacent to an activating group) is 1. The summed E-state index contributed by atoms with van der Waals surface area (Å²) in [6.07, 6.45) is -2.41. The van der Waals surface area contributed by atoms with Crippen molar-refractivity contribution in [2.24, 2.45) is 0 Å². The van der Waals surface area contributed by atoms with E-state index in [4.69, 9.17) is 20.4 Å². The molecule has 0 amide bonds. The fraction of sp³-hybridized carbons (Fsp3) is 0.636. The zero-order valence-corrected chi connectivity index (χ0v) is 11.9. The van der Waals surface area contributed by atoms with Crippen LogP contribution >= 0.6 is 0 Å². The van der Waals surface area contributed by atoms with Crippen molar-refractivity contribution in [3.8, 4) is 0 Å². The molecule has 0 rings (SSSR count). The van der Waals surface area contributed by atoms with Gasteiger partial charge in [-0.25, -0.2) is 4.79 Å². The number of hydrogen-bond donors (Lipinski definition) is 4. The van der Waals surface area contributed by atoms with E-state index in [9.17, 15) is 24.3 Å². The summed E-state index contributed by atoms with van der Waals surface area (Å²) in [6.45, 7) is 0.181. The van der Waals surface area contributed by atoms with Crippen LogP contribution < -0.4 is 5.11 Å². The fourth-order valence-corrected chi connectivity index (χ4v) is 1.11. The minimum atomic E-state index is -2.85. The molecule has 0 spiro atoms. The zero-order valence-electron chi connectivity index (χ0n) is 11.9. The summed E-state index contributed by atoms with van der Waals surface area (Å²) in [5, 5.41) is 43.8. The first-order chi connectivity index (χ1) is 9.19. The number of carbonyl (C=O) groups is 4. The fourth-order valence-electron chi connectivity index (χ4n) is 1.11. The number of nitrogens with zero attached hydrogens (tertiary/aromatic N) is 1. The Balaban J connectivity index is -0.000000158. The summed E-state index contributed by atoms with van der Waals surface area (Å²) in [5.41, 5.74) is -2.85. The molecule has 0 aliphatic rings. The third kappa shape index (κ3) is 19.8. The maximum atomic E-state index is 10.2. The average molecular weight is 357 g/mol. The average Bonchev–Trinajstić information content (AvgIpc) is 2.10. The van der Waals surface area contributed by atoms with Crippen molar-refractivity contribution in [1.82, 2.24) is 0 Å². The summed E-state index contributed by atoms with van der Waals surface area (Å²) >= 11 is 0. The molecule has 12 heteroatoms. The van der Waals surface area contributed by atoms with Crippen LogP contribution in [0.5, 0.6) is 0 Å². The second-order valence-electron chi connectivity index (χ2n) is 5.30. The van der Waals surface area contributed by atoms with Crippen LogP contribution in [-0.4, -0.2) is 141 Å². The van der Waals surface area contributed by atoms with E-state index < -0.39 is 42.3 Å². The molecule has 4 N–H and O–H groups in total. The SMILES string of the molecule is C[N+](C)(C)CC(=O)O.O=C(O)CC(O)(CC(=O)O)C(=O)[O-].[NaH].[NaH]. The number of hydrogen-bond acceptors (Lipinski definition) is 6. The summed E-state index contributed by atoms with van der Waals surface area (Å²) in [7, 11) is 5.52. The van der Waals surface area contributed by atoms with Crippen LogP contribution in [0.1, 0.15) is 12.8 Å². The summed E-state index contributed by atoms with van der Waals surface area (Å²) in [5.74, 6) is -6.10. The van der Waals surface area contributed by atoms with E-state index in [0.29, 0.717) is 4.48 Å². The molecule has 0 saturated carbocycles. The Morgan fingerprint density at radius 3 is 1.26 bits per heavy atom. The van der Waals surface area contributed by atoms with Gasteiger partial charge in [0, 0.05) is 0 Å². The Morgan fingerprint density at radius 1 is 0.870 bits per heavy atom. The molecule has 0 aromatic rings. The molecule has 10 nitrogen and oxygen atoms in total. The second kappa shape index (κ2) is 13.1. The number of carboxylic acid groups (broad SMARTS) is 4. The molecule has 0 fully saturated rings. The zero-order chi connectivity index (χ0) is 17.4. The van der Waals surface area contributed by atoms with E-state index in [2.05, 4.69) is 0 Å². The van der Waals surface area contributed by atoms with Gasteiger partial charge in [0.05, 0.1) is 40.0 Å². The predicted octanol–water partition coefficient (Wildman–Crippen LogP) is -4.10. The van der Waals surface area contributed by atoms with Gasteiger partial charge in [0.1, 0.15) is 5.60 Å². The van der Waals surface area contributed by atoms with Crippen molar-refractivity contribution in [2.75, 3.05) is 27.7 Å². The van der Waals surface area contributed by atoms with Gasteiger partial charge in [-0.05, 0) is 0 Å². The third-order valence-electron chi connectivity index (χ3n) is 1.88. The topological polar surface area (TPSA) is 172 Å². The van der Waals surface area contributed by atoms with Crippen molar-refractivity contribution < 1.29 is 49.2 Å². The van der Waals surface area contributed by atoms with Gasteiger partial charge in [0.2, 0.25) is 0 Å². The molecule has 0 radical (unpaired) electrons. The predicted molar refractivity (Wildman–Crippen MR) is 79.3 cm³/mol. The van der Waals surface area contributed by atoms with Crippen molar-refractivity contribution in [1.29, 1.82) is 0 Å². The minimum absolute atomic E-state index is 0. The first-order valence-electron chi connectivity index (χ1n) is 5.59. The van der Waals surface area contributed by atoms with Crippen LogP contribution in [-0.2, 0) is 19.2 Å². The summed E-state index contributed by atoms with van der Waals surface area (Å²) in [4.78, 5) is 40.3. The standard InChI is InChI=1S/C6H8O7.C5H11NO2.2Na.2H/c7-3(8)1-6(13,5(11)12)2-4(9)10;1-6(2,3)4-5(7)8;;;;/h13H,1-2H2,(H,7,8)(H,9,10)(H,11,12);4H2,1-3H3;;;;. The molecular formula is C11H21NNa2O9. The van der Waals surface area contributed by atoms with Crippen molar-refractivity contribution in [2.45, 2.75) is 18.4 Å². The molecule has 0 aromatic carbocycles. The number of carboxylic acids is 4. The van der Waals surface area contributed by atoms with E-state index in [1.54, 1.807) is 0 Å². The first kappa shape index (κ1) is 30.7. The Labute approximate surface area is 177 Å². The number of aliphatic carboxylic acids is 4. The molecule has 0 bridgehead atoms. The van der Waals surface area contributed by atoms with E-state index in [1.807, 2.05) is 21.1 Å². The van der Waals surface area contributed by atoms with Crippen molar-refractivity contribution >= 4 is 83.0 Å². The molecule has 0 atom stereocenters. The molecule has 0 aliphatic carbocycles. The Hall–Kier alpha value is -0.200. The Kier molecular flexibility index (Phi) is 17.5. The normalized spacial score (nSPS) is 10.1. The van der Waals surface area contributed by atoms with Crippen molar-refractivity contribution in [3.63, 3.8) is 0 Å². The van der Waals surface area contributed by atoms with Gasteiger partial charge in [0.15, 0.2) is 6.54 Å². The van der Waals surface area contributed by atoms with Crippen LogP contribution in [0.15, 0.2) is 0 Å². The van der Waals surface area contributed by atoms with Crippen LogP contribution in [0.2, 0.25) is 0 Å². The number of rotatable bonds is 7. The maximum absolute atomic E-state index is 10.2. The third-order valence-corrected chi connectivity index (χ3v) is 1.88. The van der Waals surface area contributed by atoms with Gasteiger partial charge in [-0.2, -0.15) is 0 Å². The van der Waals surface area contributed by atoms with Crippen LogP contribution in [0.4, 0.5) is 0 Å². The van der Waals surface area contributed by atoms with Gasteiger partial charge in [-0.3, -0.25) is 9.59 Å². The second-order valence-corrected chi connectivity index (χ2v) is 5.30. The molecule has 0 unspecified atom stereocenters. The Bertz CT molecular complexity index is 404. The molecule has 0 aromatic heterocycles. The van der Waals surface area contributed by atoms with Crippen LogP contribution in [0.25, 0.3) is 0 Å². The summed E-state index contributed by atoms with van der Waals surface area (Å²) < 4.78 is 0.481. The van der Waals surface area contributed by atoms with Crippen LogP contribution in [0, 0.1) is 0 Å². The molecule has 0 heterocycles. The Morgan fingerprint density at radius 2 is 1.17 bits per heavy atom. The van der Waals surface area contributed by atoms with E-state index in [1.165, 1.54) is 0 Å². The molecule has 126 valence electrons. The van der Waals surface area contributed by atoms with Gasteiger partial charge in [-0.15, -0.1) is 0 Å². The molecular weight excluding hydrogens is 336 g/mol. The van der Waals surface area contributed by atoms with Gasteiger partial charge < -0.3 is 34.8 Å². The van der Waals surface area contributed by atoms with E-state index in [0.717, 1.165) is 0 Å². The number of carbonyl (C=O) groups excluding carboxylic acids is 1. The van der Waals surface area contributed by atoms with Crippen LogP contribution in [0.3, 0.4) is 0 Å². The van der Waals surface area contributed by atoms with Gasteiger partial charge in [0.25, 0.3) is 0 Å². The van der Waals surface area contributed by atoms with E-state index in [-0.39, 0.29) is 65.7 Å². The molecule has 0 saturated heterocycles.